The maximum atomic E-state index is 13.5. The first-order chi connectivity index (χ1) is 14.8. The Balaban J connectivity index is 2.13. The molecule has 0 amide bonds. The Bertz CT molecular complexity index is 695. The molecule has 1 rings (SSSR count). The minimum absolute atomic E-state index is 0.0283. The maximum absolute atomic E-state index is 13.5. The monoisotopic (exact) mass is 452 g/mol. The van der Waals surface area contributed by atoms with Crippen molar-refractivity contribution in [2.45, 2.75) is 84.2 Å². The second-order valence-corrected chi connectivity index (χ2v) is 7.26. The van der Waals surface area contributed by atoms with Crippen LogP contribution < -0.4 is 0 Å². The third-order valence-corrected chi connectivity index (χ3v) is 4.70. The van der Waals surface area contributed by atoms with Gasteiger partial charge in [-0.25, -0.2) is 22.0 Å². The smallest absolute Gasteiger partial charge is 0.306 e. The zero-order valence-corrected chi connectivity index (χ0v) is 17.7. The first kappa shape index (κ1) is 26.8. The van der Waals surface area contributed by atoms with Gasteiger partial charge in [-0.1, -0.05) is 45.4 Å². The summed E-state index contributed by atoms with van der Waals surface area (Å²) in [7, 11) is 0. The molecule has 0 aliphatic carbocycles. The lowest BCUT2D eigenvalue weighted by atomic mass is 10.1. The van der Waals surface area contributed by atoms with Gasteiger partial charge < -0.3 is 9.47 Å². The minimum atomic E-state index is -2.26. The van der Waals surface area contributed by atoms with E-state index in [1.165, 1.54) is 0 Å². The van der Waals surface area contributed by atoms with E-state index >= 15 is 0 Å². The van der Waals surface area contributed by atoms with Crippen molar-refractivity contribution >= 4 is 11.9 Å². The second kappa shape index (κ2) is 14.8. The Hall–Kier alpha value is -2.19. The van der Waals surface area contributed by atoms with Crippen LogP contribution in [0, 0.1) is 29.1 Å². The fraction of sp³-hybridized carbons (Fsp3) is 0.636. The van der Waals surface area contributed by atoms with Crippen molar-refractivity contribution in [3.05, 3.63) is 34.6 Å². The van der Waals surface area contributed by atoms with E-state index in [9.17, 15) is 31.5 Å². The lowest BCUT2D eigenvalue weighted by Gasteiger charge is -2.09. The van der Waals surface area contributed by atoms with Crippen LogP contribution in [0.1, 0.15) is 83.1 Å². The summed E-state index contributed by atoms with van der Waals surface area (Å²) in [5.41, 5.74) is -1.17. The van der Waals surface area contributed by atoms with Crippen LogP contribution in [-0.4, -0.2) is 18.5 Å². The standard InChI is InChI=1S/C22H29F5O4/c1-2-3-10-13-30-16(28)11-8-6-4-5-7-9-12-17(29)31-14-15-18(23)20(25)22(27)21(26)19(15)24/h2-14H2,1H3. The number of carbonyl (C=O) groups excluding carboxylic acids is 2. The SMILES string of the molecule is CCCCCOC(=O)CCCCCCCCC(=O)OCc1c(F)c(F)c(F)c(F)c1F. The number of halogens is 5. The van der Waals surface area contributed by atoms with Crippen LogP contribution in [-0.2, 0) is 25.7 Å². The van der Waals surface area contributed by atoms with Gasteiger partial charge in [0.1, 0.15) is 6.61 Å². The van der Waals surface area contributed by atoms with Crippen LogP contribution in [0.3, 0.4) is 0 Å². The van der Waals surface area contributed by atoms with Gasteiger partial charge in [-0.15, -0.1) is 0 Å². The summed E-state index contributed by atoms with van der Waals surface area (Å²) in [6.07, 6.45) is 7.82. The summed E-state index contributed by atoms with van der Waals surface area (Å²) < 4.78 is 75.9. The lowest BCUT2D eigenvalue weighted by Crippen LogP contribution is -2.11. The van der Waals surface area contributed by atoms with Crippen LogP contribution in [0.5, 0.6) is 0 Å². The van der Waals surface area contributed by atoms with E-state index in [-0.39, 0.29) is 12.4 Å². The molecule has 0 aliphatic rings. The Morgan fingerprint density at radius 3 is 1.58 bits per heavy atom. The van der Waals surface area contributed by atoms with Gasteiger partial charge in [0.15, 0.2) is 23.3 Å². The molecule has 0 unspecified atom stereocenters. The van der Waals surface area contributed by atoms with Crippen molar-refractivity contribution in [3.8, 4) is 0 Å². The maximum Gasteiger partial charge on any atom is 0.306 e. The number of rotatable bonds is 15. The van der Waals surface area contributed by atoms with Gasteiger partial charge in [0, 0.05) is 12.8 Å². The van der Waals surface area contributed by atoms with E-state index in [0.717, 1.165) is 44.9 Å². The first-order valence-electron chi connectivity index (χ1n) is 10.6. The van der Waals surface area contributed by atoms with Crippen LogP contribution in [0.25, 0.3) is 0 Å². The van der Waals surface area contributed by atoms with Gasteiger partial charge in [-0.3, -0.25) is 9.59 Å². The molecule has 0 N–H and O–H groups in total. The Morgan fingerprint density at radius 2 is 1.06 bits per heavy atom. The largest absolute Gasteiger partial charge is 0.466 e. The molecule has 0 atom stereocenters. The molecule has 176 valence electrons. The van der Waals surface area contributed by atoms with Crippen molar-refractivity contribution in [2.24, 2.45) is 0 Å². The molecule has 31 heavy (non-hydrogen) atoms. The van der Waals surface area contributed by atoms with Gasteiger partial charge in [-0.2, -0.15) is 0 Å². The molecule has 1 aromatic rings. The van der Waals surface area contributed by atoms with Crippen LogP contribution in [0.4, 0.5) is 22.0 Å². The molecule has 0 saturated carbocycles. The van der Waals surface area contributed by atoms with Crippen molar-refractivity contribution in [1.82, 2.24) is 0 Å². The molecule has 0 saturated heterocycles. The Kier molecular flexibility index (Phi) is 12.8. The number of hydrogen-bond acceptors (Lipinski definition) is 4. The average Bonchev–Trinajstić information content (AvgIpc) is 2.75. The first-order valence-corrected chi connectivity index (χ1v) is 10.6. The number of unbranched alkanes of at least 4 members (excludes halogenated alkanes) is 7. The van der Waals surface area contributed by atoms with Gasteiger partial charge in [-0.05, 0) is 19.3 Å². The zero-order valence-electron chi connectivity index (χ0n) is 17.7. The van der Waals surface area contributed by atoms with Crippen LogP contribution in [0.15, 0.2) is 0 Å². The summed E-state index contributed by atoms with van der Waals surface area (Å²) in [4.78, 5) is 23.1. The topological polar surface area (TPSA) is 52.6 Å². The lowest BCUT2D eigenvalue weighted by molar-refractivity contribution is -0.145. The molecule has 0 aromatic heterocycles. The Labute approximate surface area is 179 Å². The van der Waals surface area contributed by atoms with Gasteiger partial charge in [0.2, 0.25) is 5.82 Å². The number of hydrogen-bond donors (Lipinski definition) is 0. The highest BCUT2D eigenvalue weighted by Gasteiger charge is 2.26. The molecular weight excluding hydrogens is 423 g/mol. The molecule has 0 fully saturated rings. The number of benzene rings is 1. The van der Waals surface area contributed by atoms with Crippen molar-refractivity contribution in [2.75, 3.05) is 6.61 Å². The summed E-state index contributed by atoms with van der Waals surface area (Å²) in [5, 5.41) is 0. The molecule has 4 nitrogen and oxygen atoms in total. The Morgan fingerprint density at radius 1 is 0.613 bits per heavy atom. The summed E-state index contributed by atoms with van der Waals surface area (Å²) >= 11 is 0. The van der Waals surface area contributed by atoms with E-state index in [1.54, 1.807) is 0 Å². The highest BCUT2D eigenvalue weighted by Crippen LogP contribution is 2.23. The molecule has 0 spiro atoms. The molecule has 0 bridgehead atoms. The van der Waals surface area contributed by atoms with E-state index < -0.39 is 47.2 Å². The van der Waals surface area contributed by atoms with E-state index in [2.05, 4.69) is 11.7 Å². The van der Waals surface area contributed by atoms with Gasteiger partial charge in [0.25, 0.3) is 0 Å². The summed E-state index contributed by atoms with van der Waals surface area (Å²) in [6, 6.07) is 0. The van der Waals surface area contributed by atoms with Crippen molar-refractivity contribution < 1.29 is 41.0 Å². The predicted octanol–water partition coefficient (Wildman–Crippen LogP) is 6.28. The fourth-order valence-corrected chi connectivity index (χ4v) is 2.86. The number of ether oxygens (including phenoxy) is 2. The normalized spacial score (nSPS) is 10.9. The number of carbonyl (C=O) groups is 2. The molecule has 0 aliphatic heterocycles. The summed E-state index contributed by atoms with van der Waals surface area (Å²) in [5.74, 6) is -11.4. The highest BCUT2D eigenvalue weighted by molar-refractivity contribution is 5.69. The fourth-order valence-electron chi connectivity index (χ4n) is 2.86. The quantitative estimate of drug-likeness (QED) is 0.103. The van der Waals surface area contributed by atoms with Crippen LogP contribution in [0.2, 0.25) is 0 Å². The molecule has 9 heteroatoms. The second-order valence-electron chi connectivity index (χ2n) is 7.26. The average molecular weight is 452 g/mol. The molecule has 0 radical (unpaired) electrons. The predicted molar refractivity (Wildman–Crippen MR) is 103 cm³/mol. The van der Waals surface area contributed by atoms with Crippen molar-refractivity contribution in [1.29, 1.82) is 0 Å². The minimum Gasteiger partial charge on any atom is -0.466 e. The molecular formula is C22H29F5O4. The van der Waals surface area contributed by atoms with E-state index in [0.29, 0.717) is 25.9 Å². The van der Waals surface area contributed by atoms with Gasteiger partial charge >= 0.3 is 11.9 Å². The summed E-state index contributed by atoms with van der Waals surface area (Å²) in [6.45, 7) is 1.51. The van der Waals surface area contributed by atoms with Crippen LogP contribution >= 0.6 is 0 Å². The van der Waals surface area contributed by atoms with Gasteiger partial charge in [0.05, 0.1) is 12.2 Å². The highest BCUT2D eigenvalue weighted by atomic mass is 19.2. The van der Waals surface area contributed by atoms with E-state index in [1.807, 2.05) is 0 Å². The number of esters is 2. The molecule has 1 aromatic carbocycles. The van der Waals surface area contributed by atoms with Crippen molar-refractivity contribution in [3.63, 3.8) is 0 Å². The zero-order chi connectivity index (χ0) is 23.2. The third-order valence-electron chi connectivity index (χ3n) is 4.70. The third kappa shape index (κ3) is 9.65. The van der Waals surface area contributed by atoms with E-state index in [4.69, 9.17) is 4.74 Å². The molecule has 0 heterocycles.